The molecule has 0 aliphatic heterocycles. The van der Waals surface area contributed by atoms with Gasteiger partial charge in [-0.2, -0.15) is 0 Å². The summed E-state index contributed by atoms with van der Waals surface area (Å²) < 4.78 is 0. The molecule has 0 bridgehead atoms. The van der Waals surface area contributed by atoms with Crippen molar-refractivity contribution in [2.75, 3.05) is 0 Å². The van der Waals surface area contributed by atoms with E-state index in [0.29, 0.717) is 11.5 Å². The number of allylic oxidation sites excluding steroid dienone is 2. The minimum absolute atomic E-state index is 0.0803. The van der Waals surface area contributed by atoms with Crippen LogP contribution in [0, 0.1) is 27.7 Å². The normalized spacial score (nSPS) is 17.5. The summed E-state index contributed by atoms with van der Waals surface area (Å²) >= 11 is 0. The number of hydrogen-bond donors (Lipinski definition) is 2. The molecule has 1 saturated carbocycles. The minimum atomic E-state index is 0.0803. The Kier molecular flexibility index (Phi) is 4.73. The van der Waals surface area contributed by atoms with Gasteiger partial charge in [-0.25, -0.2) is 0 Å². The molecule has 0 unspecified atom stereocenters. The van der Waals surface area contributed by atoms with Crippen LogP contribution in [0.4, 0.5) is 0 Å². The van der Waals surface area contributed by atoms with Gasteiger partial charge in [0, 0.05) is 11.1 Å². The van der Waals surface area contributed by atoms with E-state index in [1.165, 1.54) is 0 Å². The first-order valence-electron chi connectivity index (χ1n) is 8.82. The Morgan fingerprint density at radius 1 is 0.692 bits per heavy atom. The molecule has 134 valence electrons. The van der Waals surface area contributed by atoms with Crippen LogP contribution in [-0.2, 0) is 4.79 Å². The number of rotatable bonds is 2. The molecule has 0 radical (unpaired) electrons. The summed E-state index contributed by atoms with van der Waals surface area (Å²) in [6, 6.07) is 7.60. The largest absolute Gasteiger partial charge is 0.507 e. The molecule has 0 aromatic heterocycles. The lowest BCUT2D eigenvalue weighted by Gasteiger charge is -2.06. The molecule has 2 N–H and O–H groups in total. The number of hydrogen-bond acceptors (Lipinski definition) is 3. The number of benzene rings is 2. The zero-order chi connectivity index (χ0) is 19.0. The first kappa shape index (κ1) is 18.0. The molecular weight excluding hydrogens is 324 g/mol. The smallest absolute Gasteiger partial charge is 0.185 e. The van der Waals surface area contributed by atoms with E-state index in [4.69, 9.17) is 0 Å². The third-order valence-corrected chi connectivity index (χ3v) is 4.96. The van der Waals surface area contributed by atoms with Crippen molar-refractivity contribution in [2.45, 2.75) is 40.5 Å². The van der Waals surface area contributed by atoms with E-state index in [1.807, 2.05) is 64.1 Å². The predicted octanol–water partition coefficient (Wildman–Crippen LogP) is 5.16. The molecule has 0 atom stereocenters. The highest BCUT2D eigenvalue weighted by Gasteiger charge is 2.23. The molecule has 26 heavy (non-hydrogen) atoms. The lowest BCUT2D eigenvalue weighted by molar-refractivity contribution is -0.111. The highest BCUT2D eigenvalue weighted by molar-refractivity contribution is 6.15. The van der Waals surface area contributed by atoms with Crippen LogP contribution in [0.1, 0.15) is 46.2 Å². The first-order valence-corrected chi connectivity index (χ1v) is 8.82. The maximum absolute atomic E-state index is 12.8. The summed E-state index contributed by atoms with van der Waals surface area (Å²) in [6.07, 6.45) is 5.30. The summed E-state index contributed by atoms with van der Waals surface area (Å²) in [7, 11) is 0. The third kappa shape index (κ3) is 3.43. The topological polar surface area (TPSA) is 57.5 Å². The molecule has 3 rings (SSSR count). The second-order valence-corrected chi connectivity index (χ2v) is 7.17. The van der Waals surface area contributed by atoms with E-state index in [0.717, 1.165) is 57.4 Å². The monoisotopic (exact) mass is 348 g/mol. The van der Waals surface area contributed by atoms with Gasteiger partial charge in [-0.1, -0.05) is 0 Å². The molecule has 3 heteroatoms. The van der Waals surface area contributed by atoms with Crippen molar-refractivity contribution in [2.24, 2.45) is 0 Å². The van der Waals surface area contributed by atoms with E-state index >= 15 is 0 Å². The number of carbonyl (C=O) groups is 1. The average Bonchev–Trinajstić information content (AvgIpc) is 2.90. The molecule has 0 saturated heterocycles. The van der Waals surface area contributed by atoms with Gasteiger partial charge in [0.1, 0.15) is 11.5 Å². The fourth-order valence-electron chi connectivity index (χ4n) is 3.53. The van der Waals surface area contributed by atoms with Crippen LogP contribution in [0.3, 0.4) is 0 Å². The van der Waals surface area contributed by atoms with Crippen LogP contribution >= 0.6 is 0 Å². The fourth-order valence-corrected chi connectivity index (χ4v) is 3.53. The summed E-state index contributed by atoms with van der Waals surface area (Å²) in [4.78, 5) is 12.8. The van der Waals surface area contributed by atoms with Gasteiger partial charge in [0.2, 0.25) is 0 Å². The van der Waals surface area contributed by atoms with Gasteiger partial charge >= 0.3 is 0 Å². The van der Waals surface area contributed by atoms with Crippen LogP contribution in [0.2, 0.25) is 0 Å². The number of aryl methyl sites for hydroxylation is 4. The predicted molar refractivity (Wildman–Crippen MR) is 105 cm³/mol. The highest BCUT2D eigenvalue weighted by atomic mass is 16.3. The first-order chi connectivity index (χ1) is 12.3. The number of carbonyl (C=O) groups excluding carboxylic acids is 1. The molecule has 1 aliphatic carbocycles. The van der Waals surface area contributed by atoms with E-state index in [1.54, 1.807) is 0 Å². The standard InChI is InChI=1S/C23H24O3/c1-13-7-17(8-14(2)21(13)24)11-19-5-6-20(23(19)26)12-18-9-15(3)22(25)16(4)10-18/h7-12,24-25H,5-6H2,1-4H3/b19-11-,20-12+. The van der Waals surface area contributed by atoms with Crippen molar-refractivity contribution in [3.63, 3.8) is 0 Å². The molecule has 3 nitrogen and oxygen atoms in total. The van der Waals surface area contributed by atoms with Crippen LogP contribution in [0.25, 0.3) is 12.2 Å². The second kappa shape index (κ2) is 6.83. The van der Waals surface area contributed by atoms with Crippen LogP contribution in [0.5, 0.6) is 11.5 Å². The molecule has 1 aliphatic rings. The minimum Gasteiger partial charge on any atom is -0.507 e. The van der Waals surface area contributed by atoms with Crippen molar-refractivity contribution >= 4 is 17.9 Å². The molecule has 2 aromatic rings. The number of phenols is 2. The van der Waals surface area contributed by atoms with E-state index < -0.39 is 0 Å². The Balaban J connectivity index is 1.91. The van der Waals surface area contributed by atoms with Crippen molar-refractivity contribution in [3.8, 4) is 11.5 Å². The number of ketones is 1. The summed E-state index contributed by atoms with van der Waals surface area (Å²) in [5.41, 5.74) is 6.74. The average molecular weight is 348 g/mol. The Morgan fingerprint density at radius 3 is 1.31 bits per heavy atom. The highest BCUT2D eigenvalue weighted by Crippen LogP contribution is 2.32. The maximum atomic E-state index is 12.8. The lowest BCUT2D eigenvalue weighted by atomic mass is 10.0. The van der Waals surface area contributed by atoms with Gasteiger partial charge in [0.25, 0.3) is 0 Å². The van der Waals surface area contributed by atoms with Crippen molar-refractivity contribution in [1.29, 1.82) is 0 Å². The zero-order valence-electron chi connectivity index (χ0n) is 15.7. The Hall–Kier alpha value is -2.81. The fraction of sp³-hybridized carbons (Fsp3) is 0.261. The van der Waals surface area contributed by atoms with Crippen molar-refractivity contribution in [1.82, 2.24) is 0 Å². The maximum Gasteiger partial charge on any atom is 0.185 e. The summed E-state index contributed by atoms with van der Waals surface area (Å²) in [5.74, 6) is 0.698. The molecular formula is C23H24O3. The number of Topliss-reactive ketones (excluding diaryl/α,β-unsaturated/α-hetero) is 1. The molecule has 0 spiro atoms. The van der Waals surface area contributed by atoms with E-state index in [9.17, 15) is 15.0 Å². The number of aromatic hydroxyl groups is 2. The Morgan fingerprint density at radius 2 is 1.00 bits per heavy atom. The SMILES string of the molecule is Cc1cc(/C=C2/CC/C(=C\c3cc(C)c(O)c(C)c3)C2=O)cc(C)c1O. The van der Waals surface area contributed by atoms with Crippen molar-refractivity contribution < 1.29 is 15.0 Å². The Bertz CT molecular complexity index is 838. The van der Waals surface area contributed by atoms with Gasteiger partial charge < -0.3 is 10.2 Å². The number of phenolic OH excluding ortho intramolecular Hbond substituents is 2. The van der Waals surface area contributed by atoms with Crippen LogP contribution in [0.15, 0.2) is 35.4 Å². The molecule has 0 amide bonds. The van der Waals surface area contributed by atoms with Gasteiger partial charge in [-0.3, -0.25) is 4.79 Å². The van der Waals surface area contributed by atoms with E-state index in [2.05, 4.69) is 0 Å². The molecule has 1 fully saturated rings. The summed E-state index contributed by atoms with van der Waals surface area (Å²) in [6.45, 7) is 7.45. The lowest BCUT2D eigenvalue weighted by Crippen LogP contribution is -1.96. The molecule has 0 heterocycles. The second-order valence-electron chi connectivity index (χ2n) is 7.17. The van der Waals surface area contributed by atoms with E-state index in [-0.39, 0.29) is 5.78 Å². The van der Waals surface area contributed by atoms with Gasteiger partial charge in [0.05, 0.1) is 0 Å². The zero-order valence-corrected chi connectivity index (χ0v) is 15.7. The van der Waals surface area contributed by atoms with Crippen LogP contribution < -0.4 is 0 Å². The molecule has 2 aromatic carbocycles. The van der Waals surface area contributed by atoms with Gasteiger partial charge in [-0.05, 0) is 110 Å². The quantitative estimate of drug-likeness (QED) is 0.737. The third-order valence-electron chi connectivity index (χ3n) is 4.96. The van der Waals surface area contributed by atoms with Crippen LogP contribution in [-0.4, -0.2) is 16.0 Å². The Labute approximate surface area is 154 Å². The van der Waals surface area contributed by atoms with Gasteiger partial charge in [0.15, 0.2) is 5.78 Å². The summed E-state index contributed by atoms with van der Waals surface area (Å²) in [5, 5.41) is 19.8. The van der Waals surface area contributed by atoms with Crippen molar-refractivity contribution in [3.05, 3.63) is 68.8 Å². The van der Waals surface area contributed by atoms with Gasteiger partial charge in [-0.15, -0.1) is 0 Å².